The van der Waals surface area contributed by atoms with E-state index in [1.165, 1.54) is 29.4 Å². The molecule has 5 heteroatoms. The molecule has 0 aliphatic heterocycles. The van der Waals surface area contributed by atoms with Crippen LogP contribution in [0.5, 0.6) is 0 Å². The molecule has 150 valence electrons. The molecule has 0 saturated heterocycles. The number of guanidine groups is 1. The van der Waals surface area contributed by atoms with Gasteiger partial charge in [0, 0.05) is 36.2 Å². The van der Waals surface area contributed by atoms with Crippen LogP contribution < -0.4 is 10.6 Å². The maximum atomic E-state index is 4.78. The van der Waals surface area contributed by atoms with Gasteiger partial charge in [-0.2, -0.15) is 0 Å². The second kappa shape index (κ2) is 11.7. The maximum Gasteiger partial charge on any atom is 0.191 e. The first-order chi connectivity index (χ1) is 13.2. The molecule has 0 spiro atoms. The number of hydrogen-bond acceptors (Lipinski definition) is 2. The minimum absolute atomic E-state index is 0.423. The van der Waals surface area contributed by atoms with Crippen LogP contribution in [0.15, 0.2) is 35.5 Å². The summed E-state index contributed by atoms with van der Waals surface area (Å²) in [6.45, 7) is 13.9. The Kier molecular flexibility index (Phi) is 9.19. The van der Waals surface area contributed by atoms with Crippen LogP contribution in [0.2, 0.25) is 0 Å². The molecule has 1 aromatic heterocycles. The average molecular weight is 372 g/mol. The number of aromatic nitrogens is 1. The number of hydrogen-bond donors (Lipinski definition) is 3. The van der Waals surface area contributed by atoms with Crippen LogP contribution in [0.25, 0.3) is 10.9 Å². The van der Waals surface area contributed by atoms with Gasteiger partial charge in [-0.1, -0.05) is 32.0 Å². The number of aliphatic imine (C=N–C) groups is 1. The van der Waals surface area contributed by atoms with E-state index in [0.717, 1.165) is 45.0 Å². The number of rotatable bonds is 11. The summed E-state index contributed by atoms with van der Waals surface area (Å²) in [5.41, 5.74) is 2.53. The summed E-state index contributed by atoms with van der Waals surface area (Å²) < 4.78 is 0. The molecule has 3 N–H and O–H groups in total. The van der Waals surface area contributed by atoms with Crippen LogP contribution in [-0.4, -0.2) is 54.6 Å². The van der Waals surface area contributed by atoms with Crippen molar-refractivity contribution in [3.05, 3.63) is 36.0 Å². The number of nitrogens with zero attached hydrogens (tertiary/aromatic N) is 2. The zero-order valence-corrected chi connectivity index (χ0v) is 17.5. The molecule has 2 aromatic rings. The summed E-state index contributed by atoms with van der Waals surface area (Å²) in [5.74, 6) is 0.924. The van der Waals surface area contributed by atoms with Crippen LogP contribution in [0.4, 0.5) is 0 Å². The van der Waals surface area contributed by atoms with Gasteiger partial charge in [-0.15, -0.1) is 0 Å². The van der Waals surface area contributed by atoms with E-state index < -0.39 is 0 Å². The van der Waals surface area contributed by atoms with Gasteiger partial charge < -0.3 is 20.5 Å². The molecule has 0 saturated carbocycles. The van der Waals surface area contributed by atoms with Gasteiger partial charge in [0.2, 0.25) is 0 Å². The molecule has 0 bridgehead atoms. The van der Waals surface area contributed by atoms with Crippen LogP contribution in [0.3, 0.4) is 0 Å². The highest BCUT2D eigenvalue weighted by atomic mass is 15.2. The van der Waals surface area contributed by atoms with Crippen molar-refractivity contribution in [1.29, 1.82) is 0 Å². The minimum Gasteiger partial charge on any atom is -0.361 e. The summed E-state index contributed by atoms with van der Waals surface area (Å²) in [6, 6.07) is 8.87. The van der Waals surface area contributed by atoms with Crippen molar-refractivity contribution in [1.82, 2.24) is 20.5 Å². The fourth-order valence-corrected chi connectivity index (χ4v) is 3.41. The van der Waals surface area contributed by atoms with Gasteiger partial charge in [-0.05, 0) is 64.4 Å². The van der Waals surface area contributed by atoms with Crippen LogP contribution in [0.1, 0.15) is 46.1 Å². The Hall–Kier alpha value is -2.01. The molecule has 5 nitrogen and oxygen atoms in total. The van der Waals surface area contributed by atoms with Crippen molar-refractivity contribution in [2.45, 2.75) is 53.0 Å². The van der Waals surface area contributed by atoms with Gasteiger partial charge in [0.25, 0.3) is 0 Å². The molecule has 0 aliphatic rings. The summed E-state index contributed by atoms with van der Waals surface area (Å²) in [6.07, 6.45) is 5.42. The van der Waals surface area contributed by atoms with Crippen LogP contribution in [-0.2, 0) is 6.42 Å². The maximum absolute atomic E-state index is 4.78. The predicted molar refractivity (Wildman–Crippen MR) is 118 cm³/mol. The second-order valence-electron chi connectivity index (χ2n) is 7.08. The summed E-state index contributed by atoms with van der Waals surface area (Å²) in [7, 11) is 0. The number of aromatic amines is 1. The van der Waals surface area contributed by atoms with Crippen molar-refractivity contribution >= 4 is 16.9 Å². The Balaban J connectivity index is 1.82. The number of nitrogens with one attached hydrogen (secondary N) is 3. The van der Waals surface area contributed by atoms with E-state index in [0.29, 0.717) is 6.04 Å². The van der Waals surface area contributed by atoms with Crippen molar-refractivity contribution in [3.63, 3.8) is 0 Å². The quantitative estimate of drug-likeness (QED) is 0.416. The smallest absolute Gasteiger partial charge is 0.191 e. The lowest BCUT2D eigenvalue weighted by Gasteiger charge is -2.21. The van der Waals surface area contributed by atoms with Crippen molar-refractivity contribution in [2.24, 2.45) is 4.99 Å². The van der Waals surface area contributed by atoms with E-state index in [1.54, 1.807) is 0 Å². The Morgan fingerprint density at radius 3 is 2.70 bits per heavy atom. The summed E-state index contributed by atoms with van der Waals surface area (Å²) >= 11 is 0. The molecule has 1 atom stereocenters. The summed E-state index contributed by atoms with van der Waals surface area (Å²) in [5, 5.41) is 8.23. The molecule has 27 heavy (non-hydrogen) atoms. The van der Waals surface area contributed by atoms with E-state index in [-0.39, 0.29) is 0 Å². The lowest BCUT2D eigenvalue weighted by atomic mass is 10.1. The third-order valence-corrected chi connectivity index (χ3v) is 5.06. The first kappa shape index (κ1) is 21.3. The fraction of sp³-hybridized carbons (Fsp3) is 0.591. The zero-order valence-electron chi connectivity index (χ0n) is 17.5. The average Bonchev–Trinajstić information content (AvgIpc) is 3.09. The van der Waals surface area contributed by atoms with Gasteiger partial charge in [0.1, 0.15) is 0 Å². The van der Waals surface area contributed by atoms with Gasteiger partial charge in [-0.3, -0.25) is 4.99 Å². The normalized spacial score (nSPS) is 13.3. The van der Waals surface area contributed by atoms with Gasteiger partial charge in [-0.25, -0.2) is 0 Å². The molecule has 0 fully saturated rings. The third-order valence-electron chi connectivity index (χ3n) is 5.06. The molecule has 1 aromatic carbocycles. The molecule has 0 amide bonds. The number of benzene rings is 1. The highest BCUT2D eigenvalue weighted by Crippen LogP contribution is 2.17. The van der Waals surface area contributed by atoms with Gasteiger partial charge >= 0.3 is 0 Å². The number of fused-ring (bicyclic) bond motifs is 1. The van der Waals surface area contributed by atoms with Crippen molar-refractivity contribution in [3.8, 4) is 0 Å². The van der Waals surface area contributed by atoms with Gasteiger partial charge in [0.05, 0.1) is 0 Å². The molecule has 1 heterocycles. The minimum atomic E-state index is 0.423. The Morgan fingerprint density at radius 2 is 1.96 bits per heavy atom. The summed E-state index contributed by atoms with van der Waals surface area (Å²) in [4.78, 5) is 10.6. The Labute approximate surface area is 164 Å². The molecular formula is C22H37N5. The van der Waals surface area contributed by atoms with Crippen LogP contribution in [0, 0.1) is 0 Å². The fourth-order valence-electron chi connectivity index (χ4n) is 3.41. The standard InChI is InChI=1S/C22H37N5/c1-5-23-22(26-18(4)11-10-16-27(6-2)7-3)24-15-14-19-17-25-21-13-9-8-12-20(19)21/h8-9,12-13,17-18,25H,5-7,10-11,14-16H2,1-4H3,(H2,23,24,26). The van der Waals surface area contributed by atoms with Crippen molar-refractivity contribution < 1.29 is 0 Å². The number of H-pyrrole nitrogens is 1. The lowest BCUT2D eigenvalue weighted by Crippen LogP contribution is -2.42. The number of para-hydroxylation sites is 1. The molecule has 1 unspecified atom stereocenters. The Morgan fingerprint density at radius 1 is 1.19 bits per heavy atom. The third kappa shape index (κ3) is 6.90. The molecular weight excluding hydrogens is 334 g/mol. The topological polar surface area (TPSA) is 55.5 Å². The largest absolute Gasteiger partial charge is 0.361 e. The molecule has 0 aliphatic carbocycles. The SMILES string of the molecule is CCNC(=NCCc1c[nH]c2ccccc12)NC(C)CCCN(CC)CC. The van der Waals surface area contributed by atoms with E-state index in [1.807, 2.05) is 0 Å². The second-order valence-corrected chi connectivity index (χ2v) is 7.08. The monoisotopic (exact) mass is 371 g/mol. The van der Waals surface area contributed by atoms with E-state index in [9.17, 15) is 0 Å². The predicted octanol–water partition coefficient (Wildman–Crippen LogP) is 3.78. The molecule has 0 radical (unpaired) electrons. The highest BCUT2D eigenvalue weighted by molar-refractivity contribution is 5.83. The molecule has 2 rings (SSSR count). The Bertz CT molecular complexity index is 687. The first-order valence-corrected chi connectivity index (χ1v) is 10.5. The van der Waals surface area contributed by atoms with Crippen molar-refractivity contribution in [2.75, 3.05) is 32.7 Å². The lowest BCUT2D eigenvalue weighted by molar-refractivity contribution is 0.292. The highest BCUT2D eigenvalue weighted by Gasteiger charge is 2.07. The zero-order chi connectivity index (χ0) is 19.5. The van der Waals surface area contributed by atoms with E-state index in [2.05, 4.69) is 78.7 Å². The van der Waals surface area contributed by atoms with Gasteiger partial charge in [0.15, 0.2) is 5.96 Å². The first-order valence-electron chi connectivity index (χ1n) is 10.5. The van der Waals surface area contributed by atoms with Crippen LogP contribution >= 0.6 is 0 Å². The van der Waals surface area contributed by atoms with E-state index in [4.69, 9.17) is 4.99 Å². The van der Waals surface area contributed by atoms with E-state index >= 15 is 0 Å².